The van der Waals surface area contributed by atoms with E-state index in [4.69, 9.17) is 9.84 Å². The van der Waals surface area contributed by atoms with Crippen molar-refractivity contribution in [3.05, 3.63) is 29.1 Å². The Bertz CT molecular complexity index is 741. The lowest BCUT2D eigenvalue weighted by Gasteiger charge is -2.04. The summed E-state index contributed by atoms with van der Waals surface area (Å²) in [6.45, 7) is 0. The van der Waals surface area contributed by atoms with Crippen LogP contribution < -0.4 is 10.1 Å². The van der Waals surface area contributed by atoms with Gasteiger partial charge in [-0.25, -0.2) is 9.78 Å². The second-order valence-corrected chi connectivity index (χ2v) is 5.18. The zero-order chi connectivity index (χ0) is 17.2. The summed E-state index contributed by atoms with van der Waals surface area (Å²) in [5.74, 6) is -3.06. The number of aromatic nitrogens is 1. The summed E-state index contributed by atoms with van der Waals surface area (Å²) >= 11 is 0.443. The minimum Gasteiger partial charge on any atom is -0.497 e. The van der Waals surface area contributed by atoms with Crippen LogP contribution in [0.5, 0.6) is 5.75 Å². The predicted octanol–water partition coefficient (Wildman–Crippen LogP) is 3.02. The number of carboxylic acids is 1. The third-order valence-corrected chi connectivity index (χ3v) is 3.62. The lowest BCUT2D eigenvalue weighted by atomic mass is 10.1. The predicted molar refractivity (Wildman–Crippen MR) is 75.7 cm³/mol. The Kier molecular flexibility index (Phi) is 4.55. The van der Waals surface area contributed by atoms with E-state index in [1.54, 1.807) is 17.4 Å². The number of thiazole rings is 1. The number of hydrogen-bond donors (Lipinski definition) is 2. The maximum Gasteiger partial charge on any atom is 0.471 e. The van der Waals surface area contributed by atoms with Crippen molar-refractivity contribution in [2.45, 2.75) is 6.18 Å². The highest BCUT2D eigenvalue weighted by molar-refractivity contribution is 7.18. The molecule has 2 rings (SSSR count). The zero-order valence-electron chi connectivity index (χ0n) is 11.5. The summed E-state index contributed by atoms with van der Waals surface area (Å²) in [6.07, 6.45) is -5.09. The van der Waals surface area contributed by atoms with Crippen molar-refractivity contribution >= 4 is 28.3 Å². The fourth-order valence-electron chi connectivity index (χ4n) is 1.63. The van der Waals surface area contributed by atoms with Crippen LogP contribution in [0.1, 0.15) is 9.67 Å². The number of nitrogens with zero attached hydrogens (tertiary/aromatic N) is 1. The van der Waals surface area contributed by atoms with E-state index >= 15 is 0 Å². The summed E-state index contributed by atoms with van der Waals surface area (Å²) in [6, 6.07) is 6.12. The summed E-state index contributed by atoms with van der Waals surface area (Å²) < 4.78 is 41.7. The van der Waals surface area contributed by atoms with Gasteiger partial charge in [0, 0.05) is 5.56 Å². The number of halogens is 3. The molecule has 6 nitrogen and oxygen atoms in total. The van der Waals surface area contributed by atoms with Crippen LogP contribution in [0.25, 0.3) is 11.3 Å². The van der Waals surface area contributed by atoms with Crippen molar-refractivity contribution in [3.63, 3.8) is 0 Å². The number of carbonyl (C=O) groups excluding carboxylic acids is 1. The normalized spacial score (nSPS) is 11.1. The Balaban J connectivity index is 2.38. The molecule has 0 aliphatic heterocycles. The van der Waals surface area contributed by atoms with E-state index < -0.39 is 23.2 Å². The van der Waals surface area contributed by atoms with E-state index in [1.807, 2.05) is 0 Å². The zero-order valence-corrected chi connectivity index (χ0v) is 12.3. The molecule has 1 amide bonds. The largest absolute Gasteiger partial charge is 0.497 e. The molecule has 1 aromatic carbocycles. The number of nitrogens with one attached hydrogen (secondary N) is 1. The van der Waals surface area contributed by atoms with Crippen molar-refractivity contribution in [3.8, 4) is 17.0 Å². The van der Waals surface area contributed by atoms with Gasteiger partial charge in [0.2, 0.25) is 0 Å². The highest BCUT2D eigenvalue weighted by Gasteiger charge is 2.39. The number of alkyl halides is 3. The maximum absolute atomic E-state index is 12.2. The second-order valence-electron chi connectivity index (χ2n) is 4.18. The molecule has 1 aromatic heterocycles. The van der Waals surface area contributed by atoms with Crippen LogP contribution in [-0.2, 0) is 4.79 Å². The monoisotopic (exact) mass is 346 g/mol. The molecule has 0 spiro atoms. The quantitative estimate of drug-likeness (QED) is 0.888. The smallest absolute Gasteiger partial charge is 0.471 e. The number of rotatable bonds is 4. The van der Waals surface area contributed by atoms with E-state index in [9.17, 15) is 22.8 Å². The molecule has 0 aliphatic carbocycles. The van der Waals surface area contributed by atoms with Gasteiger partial charge in [0.1, 0.15) is 10.6 Å². The molecule has 1 heterocycles. The number of hydrogen-bond acceptors (Lipinski definition) is 5. The van der Waals surface area contributed by atoms with Gasteiger partial charge >= 0.3 is 18.1 Å². The lowest BCUT2D eigenvalue weighted by Crippen LogP contribution is -2.29. The van der Waals surface area contributed by atoms with Crippen molar-refractivity contribution < 1.29 is 32.6 Å². The molecule has 122 valence electrons. The molecule has 2 N–H and O–H groups in total. The Morgan fingerprint density at radius 1 is 1.26 bits per heavy atom. The number of anilines is 1. The van der Waals surface area contributed by atoms with E-state index in [0.717, 1.165) is 0 Å². The molecule has 0 unspecified atom stereocenters. The fourth-order valence-corrected chi connectivity index (χ4v) is 2.45. The van der Waals surface area contributed by atoms with Gasteiger partial charge in [0.05, 0.1) is 12.8 Å². The molecule has 0 atom stereocenters. The third kappa shape index (κ3) is 3.77. The number of aromatic carboxylic acids is 1. The van der Waals surface area contributed by atoms with E-state index in [-0.39, 0.29) is 10.6 Å². The minimum absolute atomic E-state index is 0.0392. The minimum atomic E-state index is -5.09. The summed E-state index contributed by atoms with van der Waals surface area (Å²) in [5.41, 5.74) is 0.328. The Hall–Kier alpha value is -2.62. The first-order valence-corrected chi connectivity index (χ1v) is 6.80. The van der Waals surface area contributed by atoms with E-state index in [0.29, 0.717) is 22.6 Å². The van der Waals surface area contributed by atoms with Crippen molar-refractivity contribution in [2.24, 2.45) is 0 Å². The molecule has 2 aromatic rings. The average molecular weight is 346 g/mol. The molecular formula is C13H9F3N2O4S. The summed E-state index contributed by atoms with van der Waals surface area (Å²) in [4.78, 5) is 25.6. The number of ether oxygens (including phenoxy) is 1. The van der Waals surface area contributed by atoms with Gasteiger partial charge in [-0.1, -0.05) is 11.3 Å². The third-order valence-electron chi connectivity index (χ3n) is 2.66. The van der Waals surface area contributed by atoms with Crippen LogP contribution in [-0.4, -0.2) is 35.3 Å². The lowest BCUT2D eigenvalue weighted by molar-refractivity contribution is -0.167. The van der Waals surface area contributed by atoms with Crippen molar-refractivity contribution in [2.75, 3.05) is 12.4 Å². The molecule has 0 radical (unpaired) electrons. The maximum atomic E-state index is 12.2. The number of carbonyl (C=O) groups is 2. The Morgan fingerprint density at radius 2 is 1.87 bits per heavy atom. The van der Waals surface area contributed by atoms with Gasteiger partial charge in [0.25, 0.3) is 0 Å². The van der Waals surface area contributed by atoms with Crippen LogP contribution in [0.4, 0.5) is 18.3 Å². The van der Waals surface area contributed by atoms with Crippen LogP contribution >= 0.6 is 11.3 Å². The number of carboxylic acid groups (broad SMARTS) is 1. The first kappa shape index (κ1) is 16.7. The second kappa shape index (κ2) is 6.24. The first-order chi connectivity index (χ1) is 10.7. The van der Waals surface area contributed by atoms with Crippen LogP contribution in [0.2, 0.25) is 0 Å². The topological polar surface area (TPSA) is 88.5 Å². The summed E-state index contributed by atoms with van der Waals surface area (Å²) in [5, 5.41) is 10.2. The van der Waals surface area contributed by atoms with Gasteiger partial charge in [-0.3, -0.25) is 10.1 Å². The van der Waals surface area contributed by atoms with Crippen LogP contribution in [0.15, 0.2) is 24.3 Å². The van der Waals surface area contributed by atoms with Gasteiger partial charge in [-0.05, 0) is 24.3 Å². The van der Waals surface area contributed by atoms with Gasteiger partial charge in [0.15, 0.2) is 5.13 Å². The molecule has 23 heavy (non-hydrogen) atoms. The van der Waals surface area contributed by atoms with Crippen molar-refractivity contribution in [1.82, 2.24) is 4.98 Å². The highest BCUT2D eigenvalue weighted by Crippen LogP contribution is 2.32. The number of amides is 1. The van der Waals surface area contributed by atoms with Crippen molar-refractivity contribution in [1.29, 1.82) is 0 Å². The first-order valence-electron chi connectivity index (χ1n) is 5.99. The molecule has 10 heteroatoms. The Labute approximate surface area is 131 Å². The molecule has 0 bridgehead atoms. The van der Waals surface area contributed by atoms with Gasteiger partial charge < -0.3 is 9.84 Å². The van der Waals surface area contributed by atoms with E-state index in [2.05, 4.69) is 4.98 Å². The Morgan fingerprint density at radius 3 is 2.35 bits per heavy atom. The van der Waals surface area contributed by atoms with Crippen LogP contribution in [0, 0.1) is 0 Å². The fraction of sp³-hybridized carbons (Fsp3) is 0.154. The standard InChI is InChI=1S/C13H9F3N2O4S/c1-22-7-4-2-6(3-5-7)8-9(10(19)20)23-12(17-8)18-11(21)13(14,15)16/h2-5H,1H3,(H,19,20)(H,17,18,21). The SMILES string of the molecule is COc1ccc(-c2nc(NC(=O)C(F)(F)F)sc2C(=O)O)cc1. The number of methoxy groups -OCH3 is 1. The molecule has 0 saturated heterocycles. The van der Waals surface area contributed by atoms with Gasteiger partial charge in [-0.2, -0.15) is 13.2 Å². The molecular weight excluding hydrogens is 337 g/mol. The van der Waals surface area contributed by atoms with Gasteiger partial charge in [-0.15, -0.1) is 0 Å². The highest BCUT2D eigenvalue weighted by atomic mass is 32.1. The summed E-state index contributed by atoms with van der Waals surface area (Å²) in [7, 11) is 1.45. The average Bonchev–Trinajstić information content (AvgIpc) is 2.90. The van der Waals surface area contributed by atoms with Crippen LogP contribution in [0.3, 0.4) is 0 Å². The molecule has 0 saturated carbocycles. The molecule has 0 fully saturated rings. The molecule has 0 aliphatic rings. The van der Waals surface area contributed by atoms with E-state index in [1.165, 1.54) is 19.2 Å². The number of benzene rings is 1.